The van der Waals surface area contributed by atoms with Crippen molar-refractivity contribution in [3.63, 3.8) is 0 Å². The van der Waals surface area contributed by atoms with Crippen LogP contribution in [0.25, 0.3) is 0 Å². The monoisotopic (exact) mass is 274 g/mol. The SMILES string of the molecule is Cc1cccc(OCCCSc2ccc(O)cc2)c1. The second kappa shape index (κ2) is 7.10. The third-order valence-electron chi connectivity index (χ3n) is 2.65. The van der Waals surface area contributed by atoms with Crippen LogP contribution >= 0.6 is 11.8 Å². The number of benzene rings is 2. The maximum atomic E-state index is 9.19. The van der Waals surface area contributed by atoms with Gasteiger partial charge in [-0.05, 0) is 55.3 Å². The van der Waals surface area contributed by atoms with Gasteiger partial charge in [-0.15, -0.1) is 11.8 Å². The van der Waals surface area contributed by atoms with Gasteiger partial charge in [0.05, 0.1) is 6.61 Å². The Morgan fingerprint density at radius 1 is 1.11 bits per heavy atom. The molecule has 2 nitrogen and oxygen atoms in total. The summed E-state index contributed by atoms with van der Waals surface area (Å²) in [4.78, 5) is 1.17. The Morgan fingerprint density at radius 2 is 1.89 bits per heavy atom. The molecule has 0 aliphatic heterocycles. The zero-order valence-corrected chi connectivity index (χ0v) is 11.8. The summed E-state index contributed by atoms with van der Waals surface area (Å²) in [7, 11) is 0. The van der Waals surface area contributed by atoms with E-state index in [4.69, 9.17) is 4.74 Å². The van der Waals surface area contributed by atoms with Gasteiger partial charge in [0, 0.05) is 10.6 Å². The Kier molecular flexibility index (Phi) is 5.16. The first kappa shape index (κ1) is 13.8. The van der Waals surface area contributed by atoms with Crippen LogP contribution in [0, 0.1) is 6.92 Å². The zero-order valence-electron chi connectivity index (χ0n) is 11.0. The van der Waals surface area contributed by atoms with Crippen LogP contribution in [0.1, 0.15) is 12.0 Å². The van der Waals surface area contributed by atoms with E-state index in [0.717, 1.165) is 24.5 Å². The van der Waals surface area contributed by atoms with Crippen molar-refractivity contribution in [1.29, 1.82) is 0 Å². The number of hydrogen-bond donors (Lipinski definition) is 1. The largest absolute Gasteiger partial charge is 0.508 e. The summed E-state index contributed by atoms with van der Waals surface area (Å²) in [6.07, 6.45) is 0.999. The normalized spacial score (nSPS) is 10.4. The highest BCUT2D eigenvalue weighted by Gasteiger charge is 1.96. The molecular formula is C16H18O2S. The molecule has 0 saturated heterocycles. The van der Waals surface area contributed by atoms with E-state index in [1.807, 2.05) is 30.3 Å². The lowest BCUT2D eigenvalue weighted by Gasteiger charge is -2.06. The molecule has 0 amide bonds. The van der Waals surface area contributed by atoms with E-state index in [1.165, 1.54) is 10.5 Å². The Labute approximate surface area is 118 Å². The molecule has 0 aliphatic rings. The molecule has 1 N–H and O–H groups in total. The molecule has 0 spiro atoms. The lowest BCUT2D eigenvalue weighted by atomic mass is 10.2. The van der Waals surface area contributed by atoms with Crippen LogP contribution in [0.4, 0.5) is 0 Å². The minimum Gasteiger partial charge on any atom is -0.508 e. The number of phenolic OH excluding ortho intramolecular Hbond substituents is 1. The molecular weight excluding hydrogens is 256 g/mol. The lowest BCUT2D eigenvalue weighted by molar-refractivity contribution is 0.318. The van der Waals surface area contributed by atoms with E-state index in [2.05, 4.69) is 13.0 Å². The molecule has 100 valence electrons. The van der Waals surface area contributed by atoms with Crippen molar-refractivity contribution in [2.24, 2.45) is 0 Å². The number of ether oxygens (including phenoxy) is 1. The highest BCUT2D eigenvalue weighted by molar-refractivity contribution is 7.99. The third kappa shape index (κ3) is 4.87. The van der Waals surface area contributed by atoms with Crippen molar-refractivity contribution in [2.45, 2.75) is 18.2 Å². The first-order chi connectivity index (χ1) is 9.24. The van der Waals surface area contributed by atoms with Gasteiger partial charge in [0.15, 0.2) is 0 Å². The highest BCUT2D eigenvalue weighted by Crippen LogP contribution is 2.21. The second-order valence-electron chi connectivity index (χ2n) is 4.36. The van der Waals surface area contributed by atoms with Gasteiger partial charge >= 0.3 is 0 Å². The molecule has 2 aromatic rings. The van der Waals surface area contributed by atoms with Crippen molar-refractivity contribution < 1.29 is 9.84 Å². The molecule has 0 saturated carbocycles. The number of thioether (sulfide) groups is 1. The number of aromatic hydroxyl groups is 1. The fourth-order valence-electron chi connectivity index (χ4n) is 1.69. The van der Waals surface area contributed by atoms with E-state index >= 15 is 0 Å². The van der Waals surface area contributed by atoms with Gasteiger partial charge in [0.2, 0.25) is 0 Å². The van der Waals surface area contributed by atoms with Gasteiger partial charge in [0.25, 0.3) is 0 Å². The molecule has 0 aromatic heterocycles. The summed E-state index contributed by atoms with van der Waals surface area (Å²) in [5, 5.41) is 9.19. The topological polar surface area (TPSA) is 29.5 Å². The summed E-state index contributed by atoms with van der Waals surface area (Å²) < 4.78 is 5.69. The van der Waals surface area contributed by atoms with Gasteiger partial charge in [0.1, 0.15) is 11.5 Å². The van der Waals surface area contributed by atoms with Crippen LogP contribution in [0.2, 0.25) is 0 Å². The molecule has 0 bridgehead atoms. The second-order valence-corrected chi connectivity index (χ2v) is 5.53. The van der Waals surface area contributed by atoms with Crippen LogP contribution in [0.5, 0.6) is 11.5 Å². The van der Waals surface area contributed by atoms with E-state index in [1.54, 1.807) is 23.9 Å². The van der Waals surface area contributed by atoms with Crippen LogP contribution in [0.15, 0.2) is 53.4 Å². The van der Waals surface area contributed by atoms with Crippen molar-refractivity contribution in [3.05, 3.63) is 54.1 Å². The number of rotatable bonds is 6. The van der Waals surface area contributed by atoms with E-state index in [-0.39, 0.29) is 0 Å². The van der Waals surface area contributed by atoms with Crippen molar-refractivity contribution >= 4 is 11.8 Å². The maximum absolute atomic E-state index is 9.19. The summed E-state index contributed by atoms with van der Waals surface area (Å²) in [5.74, 6) is 2.26. The number of phenols is 1. The third-order valence-corrected chi connectivity index (χ3v) is 3.75. The smallest absolute Gasteiger partial charge is 0.119 e. The van der Waals surface area contributed by atoms with Crippen LogP contribution in [-0.4, -0.2) is 17.5 Å². The van der Waals surface area contributed by atoms with E-state index in [9.17, 15) is 5.11 Å². The first-order valence-corrected chi connectivity index (χ1v) is 7.34. The molecule has 0 unspecified atom stereocenters. The average Bonchev–Trinajstić information content (AvgIpc) is 2.41. The fourth-order valence-corrected chi connectivity index (χ4v) is 2.51. The van der Waals surface area contributed by atoms with Crippen molar-refractivity contribution in [1.82, 2.24) is 0 Å². The predicted octanol–water partition coefficient (Wildman–Crippen LogP) is 4.26. The summed E-state index contributed by atoms with van der Waals surface area (Å²) in [6.45, 7) is 2.79. The Bertz CT molecular complexity index is 508. The molecule has 0 radical (unpaired) electrons. The minimum atomic E-state index is 0.312. The molecule has 0 atom stereocenters. The summed E-state index contributed by atoms with van der Waals surface area (Å²) in [6, 6.07) is 15.4. The minimum absolute atomic E-state index is 0.312. The molecule has 2 rings (SSSR count). The van der Waals surface area contributed by atoms with Gasteiger partial charge in [-0.3, -0.25) is 0 Å². The molecule has 0 heterocycles. The zero-order chi connectivity index (χ0) is 13.5. The Balaban J connectivity index is 1.66. The van der Waals surface area contributed by atoms with Gasteiger partial charge < -0.3 is 9.84 Å². The first-order valence-electron chi connectivity index (χ1n) is 6.35. The lowest BCUT2D eigenvalue weighted by Crippen LogP contribution is -1.98. The number of aryl methyl sites for hydroxylation is 1. The Hall–Kier alpha value is -1.61. The summed E-state index contributed by atoms with van der Waals surface area (Å²) >= 11 is 1.78. The van der Waals surface area contributed by atoms with Gasteiger partial charge in [-0.1, -0.05) is 12.1 Å². The van der Waals surface area contributed by atoms with Crippen LogP contribution in [0.3, 0.4) is 0 Å². The molecule has 0 fully saturated rings. The molecule has 0 aliphatic carbocycles. The Morgan fingerprint density at radius 3 is 2.63 bits per heavy atom. The summed E-state index contributed by atoms with van der Waals surface area (Å²) in [5.41, 5.74) is 1.22. The van der Waals surface area contributed by atoms with Crippen LogP contribution < -0.4 is 4.74 Å². The standard InChI is InChI=1S/C16H18O2S/c1-13-4-2-5-15(12-13)18-10-3-11-19-16-8-6-14(17)7-9-16/h2,4-9,12,17H,3,10-11H2,1H3. The van der Waals surface area contributed by atoms with Gasteiger partial charge in [-0.2, -0.15) is 0 Å². The van der Waals surface area contributed by atoms with E-state index < -0.39 is 0 Å². The fraction of sp³-hybridized carbons (Fsp3) is 0.250. The number of hydrogen-bond acceptors (Lipinski definition) is 3. The predicted molar refractivity (Wildman–Crippen MR) is 80.1 cm³/mol. The highest BCUT2D eigenvalue weighted by atomic mass is 32.2. The molecule has 2 aromatic carbocycles. The molecule has 19 heavy (non-hydrogen) atoms. The van der Waals surface area contributed by atoms with Crippen molar-refractivity contribution in [2.75, 3.05) is 12.4 Å². The van der Waals surface area contributed by atoms with Crippen LogP contribution in [-0.2, 0) is 0 Å². The molecule has 3 heteroatoms. The van der Waals surface area contributed by atoms with E-state index in [0.29, 0.717) is 5.75 Å². The average molecular weight is 274 g/mol. The maximum Gasteiger partial charge on any atom is 0.119 e. The quantitative estimate of drug-likeness (QED) is 0.630. The van der Waals surface area contributed by atoms with Gasteiger partial charge in [-0.25, -0.2) is 0 Å². The van der Waals surface area contributed by atoms with Crippen molar-refractivity contribution in [3.8, 4) is 11.5 Å².